The topological polar surface area (TPSA) is 96.9 Å². The normalized spacial score (nSPS) is 10.9. The molecule has 0 fully saturated rings. The predicted molar refractivity (Wildman–Crippen MR) is 141 cm³/mol. The molecule has 4 rings (SSSR count). The van der Waals surface area contributed by atoms with Crippen LogP contribution in [0.2, 0.25) is 5.02 Å². The minimum atomic E-state index is -0.971. The van der Waals surface area contributed by atoms with Gasteiger partial charge in [-0.1, -0.05) is 65.7 Å². The highest BCUT2D eigenvalue weighted by molar-refractivity contribution is 6.40. The van der Waals surface area contributed by atoms with Gasteiger partial charge in [0.25, 0.3) is 0 Å². The summed E-state index contributed by atoms with van der Waals surface area (Å²) in [6.45, 7) is 3.71. The third-order valence-electron chi connectivity index (χ3n) is 5.38. The van der Waals surface area contributed by atoms with E-state index in [1.54, 1.807) is 42.5 Å². The number of carbonyl (C=O) groups excluding carboxylic acids is 3. The molecule has 0 atom stereocenters. The third kappa shape index (κ3) is 5.76. The summed E-state index contributed by atoms with van der Waals surface area (Å²) in [7, 11) is 0. The number of hydrazone groups is 1. The number of amides is 2. The van der Waals surface area contributed by atoms with E-state index in [1.165, 1.54) is 6.21 Å². The first-order valence-corrected chi connectivity index (χ1v) is 11.4. The van der Waals surface area contributed by atoms with Gasteiger partial charge in [-0.15, -0.1) is 0 Å². The molecular formula is C28H22ClN3O4. The summed E-state index contributed by atoms with van der Waals surface area (Å²) < 4.78 is 5.66. The number of fused-ring (bicyclic) bond motifs is 1. The molecule has 0 heterocycles. The van der Waals surface area contributed by atoms with Gasteiger partial charge < -0.3 is 10.1 Å². The van der Waals surface area contributed by atoms with Crippen molar-refractivity contribution < 1.29 is 19.1 Å². The van der Waals surface area contributed by atoms with Crippen molar-refractivity contribution in [3.8, 4) is 5.75 Å². The molecule has 4 aromatic carbocycles. The molecule has 0 aliphatic carbocycles. The van der Waals surface area contributed by atoms with Crippen molar-refractivity contribution in [2.45, 2.75) is 13.8 Å². The Morgan fingerprint density at radius 3 is 2.47 bits per heavy atom. The van der Waals surface area contributed by atoms with Gasteiger partial charge in [-0.2, -0.15) is 5.10 Å². The maximum atomic E-state index is 12.7. The molecule has 8 heteroatoms. The molecule has 0 radical (unpaired) electrons. The number of hydrogen-bond acceptors (Lipinski definition) is 5. The molecule has 180 valence electrons. The van der Waals surface area contributed by atoms with Crippen LogP contribution in [0.1, 0.15) is 27.0 Å². The summed E-state index contributed by atoms with van der Waals surface area (Å²) in [6, 6.07) is 22.9. The van der Waals surface area contributed by atoms with E-state index in [2.05, 4.69) is 15.8 Å². The monoisotopic (exact) mass is 499 g/mol. The zero-order valence-electron chi connectivity index (χ0n) is 19.5. The van der Waals surface area contributed by atoms with Crippen LogP contribution in [0.3, 0.4) is 0 Å². The largest absolute Gasteiger partial charge is 0.422 e. The third-order valence-corrected chi connectivity index (χ3v) is 5.79. The van der Waals surface area contributed by atoms with Crippen molar-refractivity contribution in [2.75, 3.05) is 5.32 Å². The number of carbonyl (C=O) groups is 3. The van der Waals surface area contributed by atoms with Crippen LogP contribution in [0.25, 0.3) is 10.8 Å². The molecule has 0 aliphatic rings. The molecule has 0 aromatic heterocycles. The highest BCUT2D eigenvalue weighted by Gasteiger charge is 2.16. The van der Waals surface area contributed by atoms with Crippen LogP contribution in [0.5, 0.6) is 5.75 Å². The average molecular weight is 500 g/mol. The Morgan fingerprint density at radius 2 is 1.69 bits per heavy atom. The van der Waals surface area contributed by atoms with Crippen molar-refractivity contribution in [3.63, 3.8) is 0 Å². The number of anilines is 1. The van der Waals surface area contributed by atoms with Gasteiger partial charge >= 0.3 is 17.8 Å². The van der Waals surface area contributed by atoms with E-state index < -0.39 is 17.8 Å². The van der Waals surface area contributed by atoms with Crippen LogP contribution in [-0.2, 0) is 9.59 Å². The van der Waals surface area contributed by atoms with E-state index >= 15 is 0 Å². The van der Waals surface area contributed by atoms with Crippen molar-refractivity contribution in [1.29, 1.82) is 0 Å². The molecule has 2 amide bonds. The summed E-state index contributed by atoms with van der Waals surface area (Å²) >= 11 is 6.06. The Balaban J connectivity index is 1.53. The number of ether oxygens (including phenoxy) is 1. The molecule has 0 aliphatic heterocycles. The molecule has 36 heavy (non-hydrogen) atoms. The lowest BCUT2D eigenvalue weighted by Gasteiger charge is -2.11. The fraction of sp³-hybridized carbons (Fsp3) is 0.0714. The second kappa shape index (κ2) is 10.8. The maximum absolute atomic E-state index is 12.7. The number of nitrogens with zero attached hydrogens (tertiary/aromatic N) is 1. The van der Waals surface area contributed by atoms with Gasteiger partial charge in [-0.25, -0.2) is 10.2 Å². The van der Waals surface area contributed by atoms with Crippen molar-refractivity contribution >= 4 is 52.1 Å². The van der Waals surface area contributed by atoms with Gasteiger partial charge in [-0.05, 0) is 60.5 Å². The fourth-order valence-corrected chi connectivity index (χ4v) is 3.67. The van der Waals surface area contributed by atoms with Gasteiger partial charge in [0.15, 0.2) is 0 Å². The number of benzene rings is 4. The van der Waals surface area contributed by atoms with Crippen LogP contribution in [0, 0.1) is 13.8 Å². The summed E-state index contributed by atoms with van der Waals surface area (Å²) in [5.41, 5.74) is 5.25. The molecule has 4 aromatic rings. The number of nitrogens with one attached hydrogen (secondary N) is 2. The Hall–Kier alpha value is -4.49. The molecule has 0 saturated carbocycles. The highest BCUT2D eigenvalue weighted by atomic mass is 35.5. The Morgan fingerprint density at radius 1 is 0.889 bits per heavy atom. The van der Waals surface area contributed by atoms with Crippen LogP contribution in [-0.4, -0.2) is 24.0 Å². The number of aryl methyl sites for hydroxylation is 2. The Bertz CT molecular complexity index is 1510. The van der Waals surface area contributed by atoms with Gasteiger partial charge in [0.05, 0.1) is 11.8 Å². The molecule has 0 saturated heterocycles. The predicted octanol–water partition coefficient (Wildman–Crippen LogP) is 5.42. The summed E-state index contributed by atoms with van der Waals surface area (Å²) in [5.74, 6) is -2.14. The Labute approximate surface area is 212 Å². The lowest BCUT2D eigenvalue weighted by atomic mass is 10.0. The average Bonchev–Trinajstić information content (AvgIpc) is 2.87. The van der Waals surface area contributed by atoms with E-state index in [-0.39, 0.29) is 5.75 Å². The van der Waals surface area contributed by atoms with Crippen LogP contribution in [0.4, 0.5) is 5.69 Å². The lowest BCUT2D eigenvalue weighted by molar-refractivity contribution is -0.136. The van der Waals surface area contributed by atoms with Crippen molar-refractivity contribution in [1.82, 2.24) is 5.43 Å². The van der Waals surface area contributed by atoms with Crippen molar-refractivity contribution in [2.24, 2.45) is 5.10 Å². The van der Waals surface area contributed by atoms with E-state index in [0.29, 0.717) is 21.8 Å². The molecule has 0 bridgehead atoms. The zero-order chi connectivity index (χ0) is 25.7. The molecule has 0 unspecified atom stereocenters. The van der Waals surface area contributed by atoms with E-state index in [9.17, 15) is 14.4 Å². The number of hydrogen-bond donors (Lipinski definition) is 2. The molecule has 2 N–H and O–H groups in total. The second-order valence-corrected chi connectivity index (χ2v) is 8.48. The molecule has 7 nitrogen and oxygen atoms in total. The van der Waals surface area contributed by atoms with Gasteiger partial charge in [-0.3, -0.25) is 9.59 Å². The smallest absolute Gasteiger partial charge is 0.343 e. The minimum absolute atomic E-state index is 0.261. The summed E-state index contributed by atoms with van der Waals surface area (Å²) in [4.78, 5) is 37.3. The minimum Gasteiger partial charge on any atom is -0.422 e. The zero-order valence-corrected chi connectivity index (χ0v) is 20.3. The highest BCUT2D eigenvalue weighted by Crippen LogP contribution is 2.27. The SMILES string of the molecule is Cc1cccc(C(=O)Oc2ccc3ccccc3c2/C=N\NC(=O)C(=O)Nc2ccc(C)c(Cl)c2)c1. The second-order valence-electron chi connectivity index (χ2n) is 8.07. The van der Waals surface area contributed by atoms with Gasteiger partial charge in [0.1, 0.15) is 5.75 Å². The quantitative estimate of drug-likeness (QED) is 0.126. The van der Waals surface area contributed by atoms with Crippen LogP contribution in [0.15, 0.2) is 84.0 Å². The molecular weight excluding hydrogens is 478 g/mol. The van der Waals surface area contributed by atoms with E-state index in [1.807, 2.05) is 50.2 Å². The first kappa shape index (κ1) is 24.6. The Kier molecular flexibility index (Phi) is 7.42. The fourth-order valence-electron chi connectivity index (χ4n) is 3.49. The van der Waals surface area contributed by atoms with E-state index in [4.69, 9.17) is 16.3 Å². The first-order valence-electron chi connectivity index (χ1n) is 11.0. The summed E-state index contributed by atoms with van der Waals surface area (Å²) in [5, 5.41) is 8.51. The standard InChI is InChI=1S/C28H22ClN3O4/c1-17-6-5-8-20(14-17)28(35)36-25-13-11-19-7-3-4-9-22(19)23(25)16-30-32-27(34)26(33)31-21-12-10-18(2)24(29)15-21/h3-16H,1-2H3,(H,31,33)(H,32,34)/b30-16-. The summed E-state index contributed by atoms with van der Waals surface area (Å²) in [6.07, 6.45) is 1.34. The van der Waals surface area contributed by atoms with Gasteiger partial charge in [0.2, 0.25) is 0 Å². The number of rotatable bonds is 5. The number of esters is 1. The van der Waals surface area contributed by atoms with E-state index in [0.717, 1.165) is 21.9 Å². The first-order chi connectivity index (χ1) is 17.3. The van der Waals surface area contributed by atoms with Crippen molar-refractivity contribution in [3.05, 3.63) is 106 Å². The lowest BCUT2D eigenvalue weighted by Crippen LogP contribution is -2.32. The number of halogens is 1. The van der Waals surface area contributed by atoms with Gasteiger partial charge in [0, 0.05) is 16.3 Å². The molecule has 0 spiro atoms. The van der Waals surface area contributed by atoms with Crippen LogP contribution < -0.4 is 15.5 Å². The maximum Gasteiger partial charge on any atom is 0.343 e. The van der Waals surface area contributed by atoms with Crippen LogP contribution >= 0.6 is 11.6 Å².